The van der Waals surface area contributed by atoms with Crippen molar-refractivity contribution in [2.24, 2.45) is 10.7 Å². The number of anilines is 1. The van der Waals surface area contributed by atoms with Gasteiger partial charge in [-0.05, 0) is 30.7 Å². The number of aliphatic imine (C=N–C) groups is 1. The maximum atomic E-state index is 10.9. The third kappa shape index (κ3) is 3.55. The molecule has 0 saturated heterocycles. The molecule has 0 heterocycles. The van der Waals surface area contributed by atoms with Crippen molar-refractivity contribution in [3.63, 3.8) is 0 Å². The van der Waals surface area contributed by atoms with E-state index in [0.29, 0.717) is 5.84 Å². The van der Waals surface area contributed by atoms with E-state index in [9.17, 15) is 4.79 Å². The molecule has 0 unspecified atom stereocenters. The summed E-state index contributed by atoms with van der Waals surface area (Å²) in [7, 11) is 0. The quantitative estimate of drug-likeness (QED) is 0.482. The number of amidine groups is 1. The average Bonchev–Trinajstić information content (AvgIpc) is 2.21. The summed E-state index contributed by atoms with van der Waals surface area (Å²) < 4.78 is 0. The summed E-state index contributed by atoms with van der Waals surface area (Å²) in [6.07, 6.45) is 0. The largest absolute Gasteiger partial charge is 0.386 e. The Bertz CT molecular complexity index is 429. The summed E-state index contributed by atoms with van der Waals surface area (Å²) in [5.41, 5.74) is 7.95. The molecule has 1 amide bonds. The zero-order valence-electron chi connectivity index (χ0n) is 9.25. The van der Waals surface area contributed by atoms with Crippen molar-refractivity contribution < 1.29 is 4.79 Å². The van der Waals surface area contributed by atoms with Crippen LogP contribution < -0.4 is 11.1 Å². The predicted octanol–water partition coefficient (Wildman–Crippen LogP) is 2.18. The van der Waals surface area contributed by atoms with Crippen molar-refractivity contribution in [3.8, 4) is 0 Å². The van der Waals surface area contributed by atoms with Gasteiger partial charge in [-0.1, -0.05) is 0 Å². The molecule has 0 aliphatic carbocycles. The van der Waals surface area contributed by atoms with E-state index < -0.39 is 0 Å². The Balaban J connectivity index is 2.95. The van der Waals surface area contributed by atoms with E-state index in [-0.39, 0.29) is 11.8 Å². The van der Waals surface area contributed by atoms with Crippen LogP contribution in [0.4, 0.5) is 11.4 Å². The fourth-order valence-electron chi connectivity index (χ4n) is 1.24. The number of nitrogens with two attached hydrogens (primary N) is 1. The standard InChI is InChI=1S/C11H14ClN3O/c1-7-5-9(15-11(13)6-12)3-4-10(7)14-8(2)16/h3-5H,6H2,1-2H3,(H2,13,15)(H,14,16). The Kier molecular flexibility index (Phi) is 4.31. The third-order valence-electron chi connectivity index (χ3n) is 1.93. The molecule has 0 saturated carbocycles. The Morgan fingerprint density at radius 1 is 1.56 bits per heavy atom. The average molecular weight is 240 g/mol. The van der Waals surface area contributed by atoms with Crippen LogP contribution in [0.5, 0.6) is 0 Å². The van der Waals surface area contributed by atoms with E-state index in [1.807, 2.05) is 13.0 Å². The lowest BCUT2D eigenvalue weighted by Crippen LogP contribution is -2.12. The number of carbonyl (C=O) groups excluding carboxylic acids is 1. The van der Waals surface area contributed by atoms with Crippen molar-refractivity contribution in [1.82, 2.24) is 0 Å². The zero-order valence-corrected chi connectivity index (χ0v) is 10.0. The predicted molar refractivity (Wildman–Crippen MR) is 67.5 cm³/mol. The van der Waals surface area contributed by atoms with Crippen LogP contribution in [0.15, 0.2) is 23.2 Å². The Hall–Kier alpha value is -1.55. The van der Waals surface area contributed by atoms with Gasteiger partial charge in [0.05, 0.1) is 11.6 Å². The Morgan fingerprint density at radius 2 is 2.25 bits per heavy atom. The molecule has 1 aromatic rings. The second-order valence-corrected chi connectivity index (χ2v) is 3.68. The number of nitrogens with zero attached hydrogens (tertiary/aromatic N) is 1. The van der Waals surface area contributed by atoms with Gasteiger partial charge in [0.25, 0.3) is 0 Å². The smallest absolute Gasteiger partial charge is 0.221 e. The Labute approximate surface area is 99.5 Å². The van der Waals surface area contributed by atoms with Gasteiger partial charge in [-0.2, -0.15) is 0 Å². The van der Waals surface area contributed by atoms with E-state index in [1.54, 1.807) is 12.1 Å². The maximum Gasteiger partial charge on any atom is 0.221 e. The summed E-state index contributed by atoms with van der Waals surface area (Å²) in [6, 6.07) is 5.40. The summed E-state index contributed by atoms with van der Waals surface area (Å²) >= 11 is 5.53. The van der Waals surface area contributed by atoms with Gasteiger partial charge in [0.2, 0.25) is 5.91 Å². The Morgan fingerprint density at radius 3 is 2.75 bits per heavy atom. The molecular weight excluding hydrogens is 226 g/mol. The first-order chi connectivity index (χ1) is 7.52. The summed E-state index contributed by atoms with van der Waals surface area (Å²) in [5.74, 6) is 0.472. The number of halogens is 1. The molecule has 4 nitrogen and oxygen atoms in total. The monoisotopic (exact) mass is 239 g/mol. The number of hydrogen-bond acceptors (Lipinski definition) is 2. The molecular formula is C11H14ClN3O. The van der Waals surface area contributed by atoms with Crippen LogP contribution in [0, 0.1) is 6.92 Å². The highest BCUT2D eigenvalue weighted by Gasteiger charge is 2.01. The molecule has 1 rings (SSSR count). The third-order valence-corrected chi connectivity index (χ3v) is 2.20. The van der Waals surface area contributed by atoms with Crippen LogP contribution in [0.2, 0.25) is 0 Å². The molecule has 1 aromatic carbocycles. The molecule has 0 radical (unpaired) electrons. The van der Waals surface area contributed by atoms with Gasteiger partial charge in [0.15, 0.2) is 0 Å². The number of aryl methyl sites for hydroxylation is 1. The van der Waals surface area contributed by atoms with E-state index in [0.717, 1.165) is 16.9 Å². The minimum Gasteiger partial charge on any atom is -0.386 e. The molecule has 3 N–H and O–H groups in total. The highest BCUT2D eigenvalue weighted by Crippen LogP contribution is 2.21. The van der Waals surface area contributed by atoms with Crippen LogP contribution in [0.25, 0.3) is 0 Å². The summed E-state index contributed by atoms with van der Waals surface area (Å²) in [6.45, 7) is 3.36. The van der Waals surface area contributed by atoms with Crippen LogP contribution in [0.1, 0.15) is 12.5 Å². The lowest BCUT2D eigenvalue weighted by atomic mass is 10.2. The van der Waals surface area contributed by atoms with Crippen LogP contribution >= 0.6 is 11.6 Å². The van der Waals surface area contributed by atoms with Crippen LogP contribution in [-0.4, -0.2) is 17.6 Å². The summed E-state index contributed by atoms with van der Waals surface area (Å²) in [5, 5.41) is 2.72. The van der Waals surface area contributed by atoms with Gasteiger partial charge in [0, 0.05) is 12.6 Å². The number of benzene rings is 1. The van der Waals surface area contributed by atoms with Crippen molar-refractivity contribution in [2.45, 2.75) is 13.8 Å². The number of hydrogen-bond donors (Lipinski definition) is 2. The highest BCUT2D eigenvalue weighted by molar-refractivity contribution is 6.28. The molecule has 0 aromatic heterocycles. The fraction of sp³-hybridized carbons (Fsp3) is 0.273. The number of carbonyl (C=O) groups is 1. The molecule has 5 heteroatoms. The molecule has 0 aliphatic heterocycles. The lowest BCUT2D eigenvalue weighted by molar-refractivity contribution is -0.114. The first-order valence-corrected chi connectivity index (χ1v) is 5.33. The minimum atomic E-state index is -0.0976. The van der Waals surface area contributed by atoms with Crippen molar-refractivity contribution in [2.75, 3.05) is 11.2 Å². The van der Waals surface area contributed by atoms with E-state index in [1.165, 1.54) is 6.92 Å². The van der Waals surface area contributed by atoms with Crippen molar-refractivity contribution >= 4 is 34.7 Å². The van der Waals surface area contributed by atoms with Gasteiger partial charge < -0.3 is 11.1 Å². The molecule has 0 spiro atoms. The second kappa shape index (κ2) is 5.51. The fourth-order valence-corrected chi connectivity index (χ4v) is 1.30. The van der Waals surface area contributed by atoms with E-state index >= 15 is 0 Å². The first-order valence-electron chi connectivity index (χ1n) is 4.80. The molecule has 0 bridgehead atoms. The normalized spacial score (nSPS) is 11.3. The van der Waals surface area contributed by atoms with Crippen LogP contribution in [-0.2, 0) is 4.79 Å². The minimum absolute atomic E-state index is 0.0976. The number of rotatable bonds is 3. The summed E-state index contributed by atoms with van der Waals surface area (Å²) in [4.78, 5) is 15.0. The number of amides is 1. The number of nitrogens with one attached hydrogen (secondary N) is 1. The molecule has 0 aliphatic rings. The number of alkyl halides is 1. The van der Waals surface area contributed by atoms with Crippen LogP contribution in [0.3, 0.4) is 0 Å². The SMILES string of the molecule is CC(=O)Nc1ccc(N=C(N)CCl)cc1C. The van der Waals surface area contributed by atoms with E-state index in [2.05, 4.69) is 10.3 Å². The van der Waals surface area contributed by atoms with Crippen molar-refractivity contribution in [3.05, 3.63) is 23.8 Å². The first kappa shape index (κ1) is 12.5. The van der Waals surface area contributed by atoms with Gasteiger partial charge in [-0.15, -0.1) is 11.6 Å². The van der Waals surface area contributed by atoms with Gasteiger partial charge in [-0.3, -0.25) is 4.79 Å². The molecule has 16 heavy (non-hydrogen) atoms. The zero-order chi connectivity index (χ0) is 12.1. The van der Waals surface area contributed by atoms with Crippen molar-refractivity contribution in [1.29, 1.82) is 0 Å². The topological polar surface area (TPSA) is 67.5 Å². The lowest BCUT2D eigenvalue weighted by Gasteiger charge is -2.06. The van der Waals surface area contributed by atoms with Gasteiger partial charge >= 0.3 is 0 Å². The van der Waals surface area contributed by atoms with Gasteiger partial charge in [0.1, 0.15) is 5.84 Å². The second-order valence-electron chi connectivity index (χ2n) is 3.42. The van der Waals surface area contributed by atoms with E-state index in [4.69, 9.17) is 17.3 Å². The molecule has 0 fully saturated rings. The molecule has 86 valence electrons. The van der Waals surface area contributed by atoms with Gasteiger partial charge in [-0.25, -0.2) is 4.99 Å². The highest BCUT2D eigenvalue weighted by atomic mass is 35.5. The molecule has 0 atom stereocenters. The maximum absolute atomic E-state index is 10.9.